The molecule has 0 saturated carbocycles. The van der Waals surface area contributed by atoms with Crippen molar-refractivity contribution < 1.29 is 17.9 Å². The van der Waals surface area contributed by atoms with Crippen LogP contribution in [0.25, 0.3) is 22.3 Å². The fourth-order valence-corrected chi connectivity index (χ4v) is 14.3. The molecule has 0 unspecified atom stereocenters. The van der Waals surface area contributed by atoms with Gasteiger partial charge in [-0.05, 0) is 271 Å². The van der Waals surface area contributed by atoms with E-state index in [1.165, 1.54) is 124 Å². The molecule has 702 valence electrons. The minimum atomic E-state index is -4.62. The van der Waals surface area contributed by atoms with Crippen LogP contribution in [0, 0.1) is 90.3 Å². The zero-order chi connectivity index (χ0) is 95.5. The Balaban J connectivity index is 0.000000721. The van der Waals surface area contributed by atoms with Gasteiger partial charge in [-0.2, -0.15) is 0 Å². The van der Waals surface area contributed by atoms with Crippen molar-refractivity contribution in [3.05, 3.63) is 362 Å². The molecule has 0 atom stereocenters. The van der Waals surface area contributed by atoms with Crippen molar-refractivity contribution in [3.63, 3.8) is 0 Å². The van der Waals surface area contributed by atoms with Crippen molar-refractivity contribution in [2.75, 3.05) is 0 Å². The van der Waals surface area contributed by atoms with E-state index in [-0.39, 0.29) is 31.4 Å². The highest BCUT2D eigenvalue weighted by Gasteiger charge is 2.31. The second kappa shape index (κ2) is 52.8. The smallest absolute Gasteiger partial charge is 0.406 e. The Labute approximate surface area is 785 Å². The molecule has 1 nitrogen and oxygen atoms in total. The third-order valence-corrected chi connectivity index (χ3v) is 20.0. The number of halogens is 3. The van der Waals surface area contributed by atoms with Gasteiger partial charge in [0.1, 0.15) is 5.75 Å². The second-order valence-electron chi connectivity index (χ2n) is 47.1. The van der Waals surface area contributed by atoms with E-state index in [1.807, 2.05) is 0 Å². The standard InChI is InChI=1S/2C17H20.C15H24.3C13H20.C12H15F3O.2C11H16.2CH4/c1-17(2,3)13-14-8-7-11-16(12-14)15-9-5-4-6-10-15;1-17(2,3)13-14-9-11-16(12-10-14)15-7-5-4-6-8-15;1-14(2,3)11-12-7-9-13(10-8-12)15(4,5)6;2*1-10-6-7-12(8-11(10)2)9-13(3,4)5;1-10-6-7-11(2)12(8-10)9-13(3,4)5;1-11(2,3)8-9-4-6-10(7-5-9)16-12(13,14)15;2*1-11(2,3)9-10-7-5-4-6-8-10;;/h2*4-12H,13H2,1-3H3;7-10H,11H2,1-6H3;3*6-8H,9H2,1-5H3;4-7H,8H2,1-3H3;2*4-8H,9H2,1-3H3;2*1H4. The molecule has 11 aromatic rings. The molecular weight excluding hydrogens is 1560 g/mol. The van der Waals surface area contributed by atoms with Gasteiger partial charge in [0.05, 0.1) is 0 Å². The lowest BCUT2D eigenvalue weighted by Gasteiger charge is -2.21. The lowest BCUT2D eigenvalue weighted by atomic mass is 9.84. The molecule has 0 aromatic heterocycles. The summed E-state index contributed by atoms with van der Waals surface area (Å²) in [6.07, 6.45) is 5.41. The molecule has 11 rings (SSSR count). The Morgan fingerprint density at radius 1 is 0.203 bits per heavy atom. The summed E-state index contributed by atoms with van der Waals surface area (Å²) in [5.74, 6) is -0.176. The van der Waals surface area contributed by atoms with E-state index in [1.54, 1.807) is 12.1 Å². The van der Waals surface area contributed by atoms with Crippen LogP contribution in [0.3, 0.4) is 0 Å². The van der Waals surface area contributed by atoms with Crippen molar-refractivity contribution >= 4 is 0 Å². The SMILES string of the molecule is C.C.CC(C)(C)Cc1ccc(-c2ccccc2)cc1.CC(C)(C)Cc1ccc(C(C)(C)C)cc1.CC(C)(C)Cc1ccc(OC(F)(F)F)cc1.CC(C)(C)Cc1cccc(-c2ccccc2)c1.CC(C)(C)Cc1ccccc1.CC(C)(C)Cc1ccccc1.Cc1ccc(C)c(CC(C)(C)C)c1.Cc1ccc(CC(C)(C)C)cc1C.Cc1ccc(CC(C)(C)C)cc1C. The molecule has 0 heterocycles. The van der Waals surface area contributed by atoms with Crippen LogP contribution in [0.15, 0.2) is 273 Å². The van der Waals surface area contributed by atoms with E-state index in [0.29, 0.717) is 43.3 Å². The van der Waals surface area contributed by atoms with Gasteiger partial charge in [-0.25, -0.2) is 0 Å². The molecule has 0 spiro atoms. The molecule has 4 heteroatoms. The Morgan fingerprint density at radius 3 is 0.750 bits per heavy atom. The lowest BCUT2D eigenvalue weighted by Crippen LogP contribution is -2.17. The quantitative estimate of drug-likeness (QED) is 0.118. The van der Waals surface area contributed by atoms with E-state index in [2.05, 4.69) is 503 Å². The van der Waals surface area contributed by atoms with Gasteiger partial charge in [0.15, 0.2) is 0 Å². The number of hydrogen-bond acceptors (Lipinski definition) is 1. The fourth-order valence-electron chi connectivity index (χ4n) is 14.3. The van der Waals surface area contributed by atoms with Gasteiger partial charge in [-0.3, -0.25) is 0 Å². The predicted molar refractivity (Wildman–Crippen MR) is 565 cm³/mol. The molecule has 0 aliphatic carbocycles. The zero-order valence-electron chi connectivity index (χ0n) is 85.9. The normalized spacial score (nSPS) is 11.7. The molecule has 11 aromatic carbocycles. The van der Waals surface area contributed by atoms with Crippen molar-refractivity contribution in [1.29, 1.82) is 0 Å². The third kappa shape index (κ3) is 57.1. The van der Waals surface area contributed by atoms with E-state index in [4.69, 9.17) is 0 Å². The molecule has 0 N–H and O–H groups in total. The van der Waals surface area contributed by atoms with Crippen LogP contribution in [0.2, 0.25) is 0 Å². The molecule has 0 aliphatic heterocycles. The summed E-state index contributed by atoms with van der Waals surface area (Å²) in [4.78, 5) is 0. The van der Waals surface area contributed by atoms with Gasteiger partial charge in [-0.15, -0.1) is 13.2 Å². The molecule has 0 amide bonds. The average Bonchev–Trinajstić information content (AvgIpc) is 0.850. The zero-order valence-corrected chi connectivity index (χ0v) is 85.9. The summed E-state index contributed by atoms with van der Waals surface area (Å²) < 4.78 is 39.5. The highest BCUT2D eigenvalue weighted by Crippen LogP contribution is 2.33. The Hall–Kier alpha value is -8.99. The Morgan fingerprint density at radius 2 is 0.445 bits per heavy atom. The van der Waals surface area contributed by atoms with Crippen LogP contribution in [0.5, 0.6) is 5.75 Å². The number of benzene rings is 11. The largest absolute Gasteiger partial charge is 0.573 e. The highest BCUT2D eigenvalue weighted by atomic mass is 19.4. The van der Waals surface area contributed by atoms with E-state index < -0.39 is 6.36 Å². The van der Waals surface area contributed by atoms with Crippen LogP contribution < -0.4 is 4.74 Å². The van der Waals surface area contributed by atoms with E-state index in [9.17, 15) is 13.2 Å². The molecular formula is C124H179F3O. The lowest BCUT2D eigenvalue weighted by molar-refractivity contribution is -0.274. The molecule has 128 heavy (non-hydrogen) atoms. The van der Waals surface area contributed by atoms with Gasteiger partial charge in [0.25, 0.3) is 0 Å². The minimum Gasteiger partial charge on any atom is -0.406 e. The second-order valence-corrected chi connectivity index (χ2v) is 47.1. The van der Waals surface area contributed by atoms with Crippen molar-refractivity contribution in [2.24, 2.45) is 48.7 Å². The first-order valence-electron chi connectivity index (χ1n) is 46.2. The molecule has 0 radical (unpaired) electrons. The molecule has 0 aliphatic rings. The fraction of sp³-hybridized carbons (Fsp3) is 0.468. The van der Waals surface area contributed by atoms with Gasteiger partial charge < -0.3 is 4.74 Å². The minimum absolute atomic E-state index is 0. The highest BCUT2D eigenvalue weighted by molar-refractivity contribution is 5.65. The summed E-state index contributed by atoms with van der Waals surface area (Å²) in [6, 6.07) is 95.4. The first-order valence-corrected chi connectivity index (χ1v) is 46.2. The average molecular weight is 1740 g/mol. The topological polar surface area (TPSA) is 9.23 Å². The predicted octanol–water partition coefficient (Wildman–Crippen LogP) is 38.1. The summed E-state index contributed by atoms with van der Waals surface area (Å²) in [5, 5.41) is 0. The number of ether oxygens (including phenoxy) is 1. The van der Waals surface area contributed by atoms with Crippen LogP contribution in [0.1, 0.15) is 312 Å². The summed E-state index contributed by atoms with van der Waals surface area (Å²) >= 11 is 0. The van der Waals surface area contributed by atoms with Gasteiger partial charge in [0.2, 0.25) is 0 Å². The number of rotatable bonds is 12. The van der Waals surface area contributed by atoms with E-state index in [0.717, 1.165) is 56.9 Å². The Bertz CT molecular complexity index is 4660. The van der Waals surface area contributed by atoms with Gasteiger partial charge in [-0.1, -0.05) is 489 Å². The van der Waals surface area contributed by atoms with E-state index >= 15 is 0 Å². The molecule has 0 bridgehead atoms. The molecule has 0 saturated heterocycles. The van der Waals surface area contributed by atoms with Crippen LogP contribution >= 0.6 is 0 Å². The maximum absolute atomic E-state index is 11.9. The number of hydrogen-bond donors (Lipinski definition) is 0. The maximum Gasteiger partial charge on any atom is 0.573 e. The summed E-state index contributed by atoms with van der Waals surface area (Å²) in [6.45, 7) is 80.7. The third-order valence-electron chi connectivity index (χ3n) is 20.0. The van der Waals surface area contributed by atoms with Crippen LogP contribution in [-0.4, -0.2) is 6.36 Å². The first kappa shape index (κ1) is 117. The van der Waals surface area contributed by atoms with Gasteiger partial charge >= 0.3 is 6.36 Å². The van der Waals surface area contributed by atoms with Crippen LogP contribution in [0.4, 0.5) is 13.2 Å². The monoisotopic (exact) mass is 1740 g/mol. The number of alkyl halides is 3. The maximum atomic E-state index is 11.9. The van der Waals surface area contributed by atoms with Crippen molar-refractivity contribution in [1.82, 2.24) is 0 Å². The Kier molecular flexibility index (Phi) is 48.2. The van der Waals surface area contributed by atoms with Crippen molar-refractivity contribution in [2.45, 2.75) is 334 Å². The van der Waals surface area contributed by atoms with Gasteiger partial charge in [0, 0.05) is 0 Å². The summed E-state index contributed by atoms with van der Waals surface area (Å²) in [5.41, 5.74) is 30.9. The first-order chi connectivity index (χ1) is 57.7. The molecule has 0 fully saturated rings. The summed E-state index contributed by atoms with van der Waals surface area (Å²) in [7, 11) is 0. The van der Waals surface area contributed by atoms with Crippen LogP contribution in [-0.2, 0) is 63.2 Å². The number of aryl methyl sites for hydroxylation is 6. The van der Waals surface area contributed by atoms with Crippen molar-refractivity contribution in [3.8, 4) is 28.0 Å².